The second-order valence-electron chi connectivity index (χ2n) is 7.68. The van der Waals surface area contributed by atoms with E-state index >= 15 is 0 Å². The van der Waals surface area contributed by atoms with Gasteiger partial charge in [0, 0.05) is 24.5 Å². The van der Waals surface area contributed by atoms with Crippen LogP contribution in [0.1, 0.15) is 27.1 Å². The van der Waals surface area contributed by atoms with Gasteiger partial charge < -0.3 is 14.8 Å². The molecule has 3 aromatic rings. The van der Waals surface area contributed by atoms with Crippen LogP contribution in [0, 0.1) is 11.3 Å². The molecule has 0 bridgehead atoms. The number of carbonyl (C=O) groups is 1. The van der Waals surface area contributed by atoms with Crippen molar-refractivity contribution in [2.75, 3.05) is 18.7 Å². The Hall–Kier alpha value is -3.34. The molecule has 0 spiro atoms. The maximum absolute atomic E-state index is 12.7. The number of thiophene rings is 1. The van der Waals surface area contributed by atoms with Gasteiger partial charge in [-0.2, -0.15) is 5.26 Å². The molecule has 3 heterocycles. The van der Waals surface area contributed by atoms with Crippen LogP contribution in [0.25, 0.3) is 0 Å². The van der Waals surface area contributed by atoms with Crippen molar-refractivity contribution in [3.63, 3.8) is 0 Å². The highest BCUT2D eigenvalue weighted by Crippen LogP contribution is 2.37. The lowest BCUT2D eigenvalue weighted by Gasteiger charge is -2.26. The molecule has 1 N–H and O–H groups in total. The van der Waals surface area contributed by atoms with E-state index < -0.39 is 0 Å². The van der Waals surface area contributed by atoms with Gasteiger partial charge in [0.15, 0.2) is 11.5 Å². The molecule has 6 nitrogen and oxygen atoms in total. The number of rotatable bonds is 5. The fraction of sp³-hybridized carbons (Fsp3) is 0.250. The standard InChI is InChI=1S/C24H21N3O3S/c25-12-19-18-8-9-27(13-16-4-2-1-3-5-16)14-22(18)31-24(19)26-23(28)11-17-6-7-20-21(10-17)30-15-29-20/h1-7,10H,8-9,11,13-15H2,(H,26,28). The van der Waals surface area contributed by atoms with Crippen LogP contribution in [0.4, 0.5) is 5.00 Å². The first-order chi connectivity index (χ1) is 15.2. The number of ether oxygens (including phenoxy) is 2. The molecule has 0 atom stereocenters. The van der Waals surface area contributed by atoms with E-state index in [4.69, 9.17) is 9.47 Å². The third-order valence-corrected chi connectivity index (χ3v) is 6.68. The molecule has 0 saturated carbocycles. The molecule has 1 amide bonds. The molecule has 7 heteroatoms. The average Bonchev–Trinajstić information content (AvgIpc) is 3.37. The van der Waals surface area contributed by atoms with Gasteiger partial charge in [-0.05, 0) is 35.2 Å². The number of amides is 1. The molecule has 0 aliphatic carbocycles. The minimum absolute atomic E-state index is 0.143. The molecule has 5 rings (SSSR count). The number of nitrogens with one attached hydrogen (secondary N) is 1. The summed E-state index contributed by atoms with van der Waals surface area (Å²) in [6.07, 6.45) is 1.03. The number of carbonyl (C=O) groups excluding carboxylic acids is 1. The Bertz CT molecular complexity index is 1170. The fourth-order valence-electron chi connectivity index (χ4n) is 4.05. The molecule has 1 aromatic heterocycles. The van der Waals surface area contributed by atoms with Crippen LogP contribution in [-0.2, 0) is 30.7 Å². The average molecular weight is 432 g/mol. The van der Waals surface area contributed by atoms with E-state index in [1.807, 2.05) is 24.3 Å². The zero-order valence-corrected chi connectivity index (χ0v) is 17.7. The molecule has 2 aliphatic heterocycles. The summed E-state index contributed by atoms with van der Waals surface area (Å²) in [6.45, 7) is 2.78. The largest absolute Gasteiger partial charge is 0.454 e. The molecule has 2 aliphatic rings. The predicted octanol–water partition coefficient (Wildman–Crippen LogP) is 4.09. The Labute approximate surface area is 184 Å². The number of hydrogen-bond acceptors (Lipinski definition) is 6. The van der Waals surface area contributed by atoms with Crippen molar-refractivity contribution in [2.24, 2.45) is 0 Å². The Balaban J connectivity index is 1.28. The first kappa shape index (κ1) is 19.6. The van der Waals surface area contributed by atoms with E-state index in [0.29, 0.717) is 22.1 Å². The third kappa shape index (κ3) is 4.13. The maximum atomic E-state index is 12.7. The van der Waals surface area contributed by atoms with Crippen molar-refractivity contribution in [1.29, 1.82) is 5.26 Å². The molecule has 2 aromatic carbocycles. The van der Waals surface area contributed by atoms with Gasteiger partial charge in [-0.1, -0.05) is 36.4 Å². The smallest absolute Gasteiger partial charge is 0.231 e. The van der Waals surface area contributed by atoms with Crippen LogP contribution in [0.5, 0.6) is 11.5 Å². The maximum Gasteiger partial charge on any atom is 0.231 e. The summed E-state index contributed by atoms with van der Waals surface area (Å²) < 4.78 is 10.7. The monoisotopic (exact) mass is 431 g/mol. The highest BCUT2D eigenvalue weighted by atomic mass is 32.1. The summed E-state index contributed by atoms with van der Waals surface area (Å²) in [6, 6.07) is 18.2. The van der Waals surface area contributed by atoms with Crippen molar-refractivity contribution in [3.05, 3.63) is 75.7 Å². The number of nitrogens with zero attached hydrogens (tertiary/aromatic N) is 2. The van der Waals surface area contributed by atoms with Gasteiger partial charge in [0.05, 0.1) is 12.0 Å². The summed E-state index contributed by atoms with van der Waals surface area (Å²) >= 11 is 1.52. The van der Waals surface area contributed by atoms with Crippen LogP contribution >= 0.6 is 11.3 Å². The van der Waals surface area contributed by atoms with E-state index in [-0.39, 0.29) is 19.1 Å². The van der Waals surface area contributed by atoms with Crippen molar-refractivity contribution in [1.82, 2.24) is 4.90 Å². The molecule has 0 unspecified atom stereocenters. The van der Waals surface area contributed by atoms with Crippen LogP contribution in [0.3, 0.4) is 0 Å². The molecule has 0 fully saturated rings. The van der Waals surface area contributed by atoms with E-state index in [1.54, 1.807) is 0 Å². The third-order valence-electron chi connectivity index (χ3n) is 5.55. The highest BCUT2D eigenvalue weighted by Gasteiger charge is 2.25. The summed E-state index contributed by atoms with van der Waals surface area (Å²) in [7, 11) is 0. The second-order valence-corrected chi connectivity index (χ2v) is 8.78. The Morgan fingerprint density at radius 2 is 1.97 bits per heavy atom. The van der Waals surface area contributed by atoms with Crippen molar-refractivity contribution >= 4 is 22.2 Å². The highest BCUT2D eigenvalue weighted by molar-refractivity contribution is 7.16. The summed E-state index contributed by atoms with van der Waals surface area (Å²) in [4.78, 5) is 16.2. The van der Waals surface area contributed by atoms with Gasteiger partial charge in [-0.15, -0.1) is 11.3 Å². The van der Waals surface area contributed by atoms with E-state index in [9.17, 15) is 10.1 Å². The molecule has 0 saturated heterocycles. The second kappa shape index (κ2) is 8.42. The first-order valence-corrected chi connectivity index (χ1v) is 11.0. The van der Waals surface area contributed by atoms with Gasteiger partial charge in [0.25, 0.3) is 0 Å². The van der Waals surface area contributed by atoms with Crippen LogP contribution < -0.4 is 14.8 Å². The topological polar surface area (TPSA) is 74.6 Å². The van der Waals surface area contributed by atoms with Crippen molar-refractivity contribution in [2.45, 2.75) is 25.9 Å². The van der Waals surface area contributed by atoms with Gasteiger partial charge in [0.1, 0.15) is 11.1 Å². The minimum Gasteiger partial charge on any atom is -0.454 e. The molecular formula is C24H21N3O3S. The number of benzene rings is 2. The van der Waals surface area contributed by atoms with Gasteiger partial charge in [-0.3, -0.25) is 9.69 Å². The van der Waals surface area contributed by atoms with E-state index in [0.717, 1.165) is 42.1 Å². The molecule has 31 heavy (non-hydrogen) atoms. The number of anilines is 1. The summed E-state index contributed by atoms with van der Waals surface area (Å²) in [5.41, 5.74) is 3.81. The first-order valence-electron chi connectivity index (χ1n) is 10.2. The Morgan fingerprint density at radius 3 is 2.81 bits per heavy atom. The SMILES string of the molecule is N#Cc1c(NC(=O)Cc2ccc3c(c2)OCO3)sc2c1CCN(Cc1ccccc1)C2. The molecule has 156 valence electrons. The zero-order valence-electron chi connectivity index (χ0n) is 16.9. The Kier molecular flexibility index (Phi) is 5.33. The van der Waals surface area contributed by atoms with Gasteiger partial charge >= 0.3 is 0 Å². The normalized spacial score (nSPS) is 14.7. The fourth-order valence-corrected chi connectivity index (χ4v) is 5.30. The number of fused-ring (bicyclic) bond motifs is 2. The summed E-state index contributed by atoms with van der Waals surface area (Å²) in [5, 5.41) is 13.4. The van der Waals surface area contributed by atoms with Gasteiger partial charge in [0.2, 0.25) is 12.7 Å². The van der Waals surface area contributed by atoms with Crippen LogP contribution in [-0.4, -0.2) is 24.1 Å². The van der Waals surface area contributed by atoms with E-state index in [1.165, 1.54) is 16.9 Å². The lowest BCUT2D eigenvalue weighted by Crippen LogP contribution is -2.29. The van der Waals surface area contributed by atoms with Crippen LogP contribution in [0.2, 0.25) is 0 Å². The molecular weight excluding hydrogens is 410 g/mol. The van der Waals surface area contributed by atoms with E-state index in [2.05, 4.69) is 40.6 Å². The quantitative estimate of drug-likeness (QED) is 0.659. The number of hydrogen-bond donors (Lipinski definition) is 1. The minimum atomic E-state index is -0.143. The molecule has 0 radical (unpaired) electrons. The lowest BCUT2D eigenvalue weighted by molar-refractivity contribution is -0.115. The van der Waals surface area contributed by atoms with Crippen LogP contribution in [0.15, 0.2) is 48.5 Å². The predicted molar refractivity (Wildman–Crippen MR) is 118 cm³/mol. The lowest BCUT2D eigenvalue weighted by atomic mass is 10.0. The Morgan fingerprint density at radius 1 is 1.13 bits per heavy atom. The van der Waals surface area contributed by atoms with Crippen molar-refractivity contribution in [3.8, 4) is 17.6 Å². The summed E-state index contributed by atoms with van der Waals surface area (Å²) in [5.74, 6) is 1.21. The number of nitriles is 1. The zero-order chi connectivity index (χ0) is 21.2. The van der Waals surface area contributed by atoms with Crippen molar-refractivity contribution < 1.29 is 14.3 Å². The van der Waals surface area contributed by atoms with Gasteiger partial charge in [-0.25, -0.2) is 0 Å².